The molecule has 3 rings (SSSR count). The fourth-order valence-corrected chi connectivity index (χ4v) is 4.97. The minimum Gasteiger partial charge on any atom is -0.462 e. The molecule has 0 saturated carbocycles. The second-order valence-corrected chi connectivity index (χ2v) is 10.4. The highest BCUT2D eigenvalue weighted by Crippen LogP contribution is 2.47. The van der Waals surface area contributed by atoms with Gasteiger partial charge in [0.15, 0.2) is 11.9 Å². The summed E-state index contributed by atoms with van der Waals surface area (Å²) in [5.41, 5.74) is -4.12. The van der Waals surface area contributed by atoms with Crippen LogP contribution in [0.2, 0.25) is 0 Å². The Morgan fingerprint density at radius 1 is 1.28 bits per heavy atom. The Morgan fingerprint density at radius 3 is 2.56 bits per heavy atom. The maximum Gasteiger partial charge on any atom is 0.459 e. The van der Waals surface area contributed by atoms with Crippen molar-refractivity contribution in [2.45, 2.75) is 63.9 Å². The van der Waals surface area contributed by atoms with Gasteiger partial charge in [0.25, 0.3) is 5.56 Å². The summed E-state index contributed by atoms with van der Waals surface area (Å²) in [6.07, 6.45) is -4.21. The zero-order valence-corrected chi connectivity index (χ0v) is 21.0. The Labute approximate surface area is 205 Å². The number of nitrogens with zero attached hydrogens (tertiary/aromatic N) is 1. The van der Waals surface area contributed by atoms with E-state index in [1.54, 1.807) is 32.0 Å². The van der Waals surface area contributed by atoms with Gasteiger partial charge in [-0.25, -0.2) is 13.8 Å². The van der Waals surface area contributed by atoms with Crippen LogP contribution in [0.15, 0.2) is 52.2 Å². The minimum atomic E-state index is -4.30. The summed E-state index contributed by atoms with van der Waals surface area (Å²) in [6, 6.07) is 7.86. The van der Waals surface area contributed by atoms with Gasteiger partial charge in [0.2, 0.25) is 0 Å². The number of aliphatic hydroxyl groups is 1. The molecule has 1 aliphatic heterocycles. The molecule has 0 amide bonds. The molecule has 2 aromatic rings. The van der Waals surface area contributed by atoms with Crippen molar-refractivity contribution in [2.75, 3.05) is 6.61 Å². The molecule has 3 N–H and O–H groups in total. The first-order chi connectivity index (χ1) is 16.8. The number of aromatic amines is 1. The number of halogens is 1. The van der Waals surface area contributed by atoms with Crippen molar-refractivity contribution >= 4 is 13.7 Å². The number of carbonyl (C=O) groups excluding carboxylic acids is 1. The highest BCUT2D eigenvalue weighted by Gasteiger charge is 2.55. The van der Waals surface area contributed by atoms with Crippen LogP contribution in [0.25, 0.3) is 0 Å². The molecular formula is C22H29FN3O9P. The predicted molar refractivity (Wildman–Crippen MR) is 125 cm³/mol. The molecule has 36 heavy (non-hydrogen) atoms. The maximum absolute atomic E-state index is 15.4. The third kappa shape index (κ3) is 6.48. The van der Waals surface area contributed by atoms with E-state index in [-0.39, 0.29) is 5.75 Å². The summed E-state index contributed by atoms with van der Waals surface area (Å²) in [5.74, 6) is -0.560. The van der Waals surface area contributed by atoms with E-state index in [4.69, 9.17) is 18.5 Å². The number of aromatic nitrogens is 2. The largest absolute Gasteiger partial charge is 0.462 e. The normalized spacial score (nSPS) is 26.4. The molecular weight excluding hydrogens is 500 g/mol. The third-order valence-corrected chi connectivity index (χ3v) is 6.90. The molecule has 198 valence electrons. The number of hydrogen-bond donors (Lipinski definition) is 3. The van der Waals surface area contributed by atoms with E-state index >= 15 is 4.39 Å². The van der Waals surface area contributed by atoms with E-state index in [1.165, 1.54) is 19.1 Å². The second-order valence-electron chi connectivity index (χ2n) is 8.67. The molecule has 14 heteroatoms. The number of hydrogen-bond acceptors (Lipinski definition) is 9. The number of carbonyl (C=O) groups is 1. The molecule has 0 bridgehead atoms. The zero-order valence-electron chi connectivity index (χ0n) is 20.1. The van der Waals surface area contributed by atoms with Crippen LogP contribution in [0.3, 0.4) is 0 Å². The third-order valence-electron chi connectivity index (χ3n) is 5.26. The van der Waals surface area contributed by atoms with Gasteiger partial charge in [-0.1, -0.05) is 18.2 Å². The summed E-state index contributed by atoms with van der Waals surface area (Å²) in [6.45, 7) is 5.07. The van der Waals surface area contributed by atoms with Crippen LogP contribution in [-0.2, 0) is 23.4 Å². The molecule has 0 aliphatic carbocycles. The molecule has 1 aromatic heterocycles. The average Bonchev–Trinajstić information content (AvgIpc) is 3.01. The van der Waals surface area contributed by atoms with Crippen molar-refractivity contribution in [1.29, 1.82) is 0 Å². The van der Waals surface area contributed by atoms with Crippen LogP contribution in [-0.4, -0.2) is 57.3 Å². The molecule has 1 aromatic carbocycles. The lowest BCUT2D eigenvalue weighted by Crippen LogP contribution is -2.43. The number of para-hydroxylation sites is 1. The molecule has 1 fully saturated rings. The van der Waals surface area contributed by atoms with Crippen LogP contribution in [0.5, 0.6) is 5.75 Å². The Morgan fingerprint density at radius 2 is 1.94 bits per heavy atom. The van der Waals surface area contributed by atoms with Crippen LogP contribution in [0, 0.1) is 0 Å². The second kappa shape index (κ2) is 11.1. The number of esters is 1. The van der Waals surface area contributed by atoms with E-state index in [2.05, 4.69) is 5.09 Å². The number of benzene rings is 1. The van der Waals surface area contributed by atoms with Crippen molar-refractivity contribution in [3.8, 4) is 5.75 Å². The van der Waals surface area contributed by atoms with Gasteiger partial charge in [-0.05, 0) is 39.8 Å². The Kier molecular flexibility index (Phi) is 8.52. The van der Waals surface area contributed by atoms with E-state index in [9.17, 15) is 24.1 Å². The van der Waals surface area contributed by atoms with E-state index < -0.39 is 67.8 Å². The highest BCUT2D eigenvalue weighted by molar-refractivity contribution is 7.52. The number of alkyl halides is 1. The van der Waals surface area contributed by atoms with Crippen molar-refractivity contribution in [3.63, 3.8) is 0 Å². The number of nitrogens with one attached hydrogen (secondary N) is 2. The standard InChI is InChI=1S/C22H29FN3O9P/c1-13(2)33-19(29)14(3)25-36(31,35-15-8-6-5-7-9-15)32-12-16-18(28)22(4,23)20(34-16)26-11-10-17(27)24-21(26)30/h5-11,13-14,16,18,20,28H,12H2,1-4H3,(H,25,31)(H,24,27,30)/t14?,16?,18-,20?,22-,36-/m1/s1. The lowest BCUT2D eigenvalue weighted by atomic mass is 9.98. The molecule has 2 heterocycles. The van der Waals surface area contributed by atoms with Crippen LogP contribution in [0.4, 0.5) is 4.39 Å². The molecule has 12 nitrogen and oxygen atoms in total. The van der Waals surface area contributed by atoms with Crippen LogP contribution < -0.4 is 20.9 Å². The Balaban J connectivity index is 1.80. The van der Waals surface area contributed by atoms with Gasteiger partial charge in [-0.15, -0.1) is 0 Å². The molecule has 0 radical (unpaired) electrons. The Hall–Kier alpha value is -2.83. The molecule has 6 atom stereocenters. The van der Waals surface area contributed by atoms with Crippen molar-refractivity contribution in [1.82, 2.24) is 14.6 Å². The summed E-state index contributed by atoms with van der Waals surface area (Å²) in [7, 11) is -4.30. The van der Waals surface area contributed by atoms with Gasteiger partial charge in [0.05, 0.1) is 12.7 Å². The van der Waals surface area contributed by atoms with Crippen molar-refractivity contribution in [2.24, 2.45) is 0 Å². The lowest BCUT2D eigenvalue weighted by Gasteiger charge is -2.25. The molecule has 1 aliphatic rings. The summed E-state index contributed by atoms with van der Waals surface area (Å²) in [4.78, 5) is 37.7. The minimum absolute atomic E-state index is 0.152. The first-order valence-corrected chi connectivity index (χ1v) is 12.7. The van der Waals surface area contributed by atoms with E-state index in [1.807, 2.05) is 4.98 Å². The number of H-pyrrole nitrogens is 1. The molecule has 1 saturated heterocycles. The fraction of sp³-hybridized carbons (Fsp3) is 0.500. The maximum atomic E-state index is 15.4. The first kappa shape index (κ1) is 27.8. The van der Waals surface area contributed by atoms with Gasteiger partial charge in [-0.3, -0.25) is 23.7 Å². The molecule has 0 spiro atoms. The van der Waals surface area contributed by atoms with Gasteiger partial charge >= 0.3 is 19.4 Å². The first-order valence-electron chi connectivity index (χ1n) is 11.1. The fourth-order valence-electron chi connectivity index (χ4n) is 3.47. The predicted octanol–water partition coefficient (Wildman–Crippen LogP) is 1.66. The monoisotopic (exact) mass is 529 g/mol. The van der Waals surface area contributed by atoms with Gasteiger partial charge in [0.1, 0.15) is 24.0 Å². The zero-order chi connectivity index (χ0) is 26.7. The average molecular weight is 529 g/mol. The number of aliphatic hydroxyl groups excluding tert-OH is 1. The van der Waals surface area contributed by atoms with Crippen molar-refractivity contribution in [3.05, 3.63) is 63.4 Å². The quantitative estimate of drug-likeness (QED) is 0.305. The number of rotatable bonds is 10. The number of ether oxygens (including phenoxy) is 2. The SMILES string of the molecule is CC(C)OC(=O)C(C)N[P@@](=O)(OCC1OC(n2ccc(=O)[nH]c2=O)[C@](C)(F)[C@@H]1O)Oc1ccccc1. The summed E-state index contributed by atoms with van der Waals surface area (Å²) >= 11 is 0. The Bertz CT molecular complexity index is 1220. The van der Waals surface area contributed by atoms with Gasteiger partial charge < -0.3 is 19.1 Å². The van der Waals surface area contributed by atoms with Crippen LogP contribution >= 0.6 is 7.75 Å². The molecule has 3 unspecified atom stereocenters. The van der Waals surface area contributed by atoms with Gasteiger partial charge in [-0.2, -0.15) is 5.09 Å². The smallest absolute Gasteiger partial charge is 0.459 e. The highest BCUT2D eigenvalue weighted by atomic mass is 31.2. The van der Waals surface area contributed by atoms with Crippen molar-refractivity contribution < 1.29 is 37.4 Å². The topological polar surface area (TPSA) is 158 Å². The van der Waals surface area contributed by atoms with Gasteiger partial charge in [0, 0.05) is 12.3 Å². The van der Waals surface area contributed by atoms with E-state index in [0.29, 0.717) is 0 Å². The summed E-state index contributed by atoms with van der Waals surface area (Å²) < 4.78 is 51.4. The van der Waals surface area contributed by atoms with E-state index in [0.717, 1.165) is 23.8 Å². The lowest BCUT2D eigenvalue weighted by molar-refractivity contribution is -0.149. The summed E-state index contributed by atoms with van der Waals surface area (Å²) in [5, 5.41) is 13.0. The van der Waals surface area contributed by atoms with Crippen LogP contribution in [0.1, 0.15) is 33.9 Å².